The van der Waals surface area contributed by atoms with Crippen molar-refractivity contribution >= 4 is 39.1 Å². The average molecular weight is 467 g/mol. The van der Waals surface area contributed by atoms with Gasteiger partial charge in [0.1, 0.15) is 5.75 Å². The molecular formula is C24H23BrN2O3. The summed E-state index contributed by atoms with van der Waals surface area (Å²) in [5.41, 5.74) is 2.28. The maximum atomic E-state index is 13.1. The highest BCUT2D eigenvalue weighted by molar-refractivity contribution is 9.10. The summed E-state index contributed by atoms with van der Waals surface area (Å²) < 4.78 is 6.34. The average Bonchev–Trinajstić information content (AvgIpc) is 2.76. The van der Waals surface area contributed by atoms with E-state index in [4.69, 9.17) is 4.74 Å². The van der Waals surface area contributed by atoms with Gasteiger partial charge in [-0.3, -0.25) is 9.59 Å². The second-order valence-electron chi connectivity index (χ2n) is 6.49. The van der Waals surface area contributed by atoms with Crippen LogP contribution in [0.5, 0.6) is 5.75 Å². The van der Waals surface area contributed by atoms with Crippen molar-refractivity contribution in [3.8, 4) is 5.75 Å². The first-order valence-corrected chi connectivity index (χ1v) is 10.5. The molecule has 3 aromatic rings. The number of benzene rings is 3. The number of amides is 2. The van der Waals surface area contributed by atoms with Crippen LogP contribution < -0.4 is 15.0 Å². The van der Waals surface area contributed by atoms with Crippen molar-refractivity contribution < 1.29 is 14.3 Å². The topological polar surface area (TPSA) is 58.6 Å². The van der Waals surface area contributed by atoms with E-state index in [-0.39, 0.29) is 11.8 Å². The predicted molar refractivity (Wildman–Crippen MR) is 123 cm³/mol. The Morgan fingerprint density at radius 3 is 2.43 bits per heavy atom. The van der Waals surface area contributed by atoms with Crippen LogP contribution >= 0.6 is 15.9 Å². The summed E-state index contributed by atoms with van der Waals surface area (Å²) in [6, 6.07) is 21.7. The minimum absolute atomic E-state index is 0.128. The zero-order valence-electron chi connectivity index (χ0n) is 16.9. The van der Waals surface area contributed by atoms with E-state index >= 15 is 0 Å². The molecule has 0 unspecified atom stereocenters. The molecule has 3 aromatic carbocycles. The van der Waals surface area contributed by atoms with Crippen molar-refractivity contribution in [1.82, 2.24) is 0 Å². The molecule has 0 bridgehead atoms. The zero-order chi connectivity index (χ0) is 21.5. The van der Waals surface area contributed by atoms with Crippen molar-refractivity contribution in [1.29, 1.82) is 0 Å². The normalized spacial score (nSPS) is 10.4. The summed E-state index contributed by atoms with van der Waals surface area (Å²) in [7, 11) is 0. The van der Waals surface area contributed by atoms with Gasteiger partial charge in [0.15, 0.2) is 0 Å². The van der Waals surface area contributed by atoms with Gasteiger partial charge in [0.25, 0.3) is 11.8 Å². The molecule has 0 aromatic heterocycles. The number of carbonyl (C=O) groups is 2. The summed E-state index contributed by atoms with van der Waals surface area (Å²) in [5.74, 6) is 0.0729. The lowest BCUT2D eigenvalue weighted by molar-refractivity contribution is 0.0985. The van der Waals surface area contributed by atoms with Crippen LogP contribution in [0.4, 0.5) is 11.4 Å². The molecule has 0 aliphatic rings. The number of nitrogens with zero attached hydrogens (tertiary/aromatic N) is 1. The highest BCUT2D eigenvalue weighted by atomic mass is 79.9. The van der Waals surface area contributed by atoms with Gasteiger partial charge in [0, 0.05) is 28.0 Å². The molecule has 0 aliphatic carbocycles. The van der Waals surface area contributed by atoms with Gasteiger partial charge in [-0.25, -0.2) is 0 Å². The van der Waals surface area contributed by atoms with Gasteiger partial charge in [0.2, 0.25) is 0 Å². The molecule has 2 amide bonds. The van der Waals surface area contributed by atoms with Crippen LogP contribution in [0.1, 0.15) is 34.6 Å². The van der Waals surface area contributed by atoms with Crippen molar-refractivity contribution in [3.05, 3.63) is 88.4 Å². The van der Waals surface area contributed by atoms with E-state index in [1.807, 2.05) is 50.2 Å². The third kappa shape index (κ3) is 5.07. The number of para-hydroxylation sites is 1. The van der Waals surface area contributed by atoms with Gasteiger partial charge in [-0.2, -0.15) is 0 Å². The van der Waals surface area contributed by atoms with Gasteiger partial charge in [-0.15, -0.1) is 0 Å². The van der Waals surface area contributed by atoms with Crippen LogP contribution in [0.15, 0.2) is 77.3 Å². The van der Waals surface area contributed by atoms with Gasteiger partial charge in [0.05, 0.1) is 12.2 Å². The van der Waals surface area contributed by atoms with Crippen LogP contribution in [0.25, 0.3) is 0 Å². The van der Waals surface area contributed by atoms with Crippen LogP contribution in [-0.4, -0.2) is 25.0 Å². The third-order valence-electron chi connectivity index (χ3n) is 4.48. The van der Waals surface area contributed by atoms with Gasteiger partial charge >= 0.3 is 0 Å². The molecule has 0 saturated carbocycles. The second kappa shape index (κ2) is 10.1. The van der Waals surface area contributed by atoms with Gasteiger partial charge < -0.3 is 15.0 Å². The number of carbonyl (C=O) groups excluding carboxylic acids is 2. The van der Waals surface area contributed by atoms with Gasteiger partial charge in [-0.1, -0.05) is 40.2 Å². The lowest BCUT2D eigenvalue weighted by Crippen LogP contribution is -2.30. The molecule has 0 spiro atoms. The zero-order valence-corrected chi connectivity index (χ0v) is 18.5. The SMILES string of the molecule is CCOc1ccc(Br)cc1C(=O)Nc1cccc(C(=O)N(CC)c2ccccc2)c1. The molecule has 0 atom stereocenters. The Morgan fingerprint density at radius 2 is 1.73 bits per heavy atom. The van der Waals surface area contributed by atoms with Crippen molar-refractivity contribution in [2.45, 2.75) is 13.8 Å². The number of ether oxygens (including phenoxy) is 1. The first kappa shape index (κ1) is 21.6. The Labute approximate surface area is 184 Å². The van der Waals surface area contributed by atoms with Crippen molar-refractivity contribution in [2.75, 3.05) is 23.4 Å². The fraction of sp³-hybridized carbons (Fsp3) is 0.167. The fourth-order valence-corrected chi connectivity index (χ4v) is 3.46. The number of hydrogen-bond donors (Lipinski definition) is 1. The largest absolute Gasteiger partial charge is 0.493 e. The third-order valence-corrected chi connectivity index (χ3v) is 4.98. The van der Waals surface area contributed by atoms with Crippen molar-refractivity contribution in [2.24, 2.45) is 0 Å². The van der Waals surface area contributed by atoms with Crippen LogP contribution in [0, 0.1) is 0 Å². The van der Waals surface area contributed by atoms with E-state index in [1.54, 1.807) is 41.3 Å². The smallest absolute Gasteiger partial charge is 0.259 e. The summed E-state index contributed by atoms with van der Waals surface area (Å²) >= 11 is 3.39. The van der Waals surface area contributed by atoms with Crippen LogP contribution in [0.2, 0.25) is 0 Å². The number of nitrogens with one attached hydrogen (secondary N) is 1. The molecule has 1 N–H and O–H groups in total. The Balaban J connectivity index is 1.83. The highest BCUT2D eigenvalue weighted by Crippen LogP contribution is 2.25. The van der Waals surface area contributed by atoms with E-state index in [0.717, 1.165) is 10.2 Å². The molecule has 0 aliphatic heterocycles. The number of rotatable bonds is 7. The van der Waals surface area contributed by atoms with E-state index in [1.165, 1.54) is 0 Å². The monoisotopic (exact) mass is 466 g/mol. The van der Waals surface area contributed by atoms with E-state index in [2.05, 4.69) is 21.2 Å². The summed E-state index contributed by atoms with van der Waals surface area (Å²) in [5, 5.41) is 2.87. The van der Waals surface area contributed by atoms with Crippen LogP contribution in [-0.2, 0) is 0 Å². The molecule has 0 radical (unpaired) electrons. The molecule has 30 heavy (non-hydrogen) atoms. The Hall–Kier alpha value is -3.12. The van der Waals surface area contributed by atoms with Crippen LogP contribution in [0.3, 0.4) is 0 Å². The van der Waals surface area contributed by atoms with Gasteiger partial charge in [-0.05, 0) is 62.4 Å². The molecule has 5 nitrogen and oxygen atoms in total. The molecule has 3 rings (SSSR count). The minimum atomic E-state index is -0.306. The summed E-state index contributed by atoms with van der Waals surface area (Å²) in [6.45, 7) is 4.79. The van der Waals surface area contributed by atoms with E-state index < -0.39 is 0 Å². The molecular weight excluding hydrogens is 444 g/mol. The Bertz CT molecular complexity index is 1040. The molecule has 0 heterocycles. The Kier molecular flexibility index (Phi) is 7.25. The lowest BCUT2D eigenvalue weighted by Gasteiger charge is -2.21. The number of anilines is 2. The second-order valence-corrected chi connectivity index (χ2v) is 7.41. The summed E-state index contributed by atoms with van der Waals surface area (Å²) in [6.07, 6.45) is 0. The maximum absolute atomic E-state index is 13.1. The first-order valence-electron chi connectivity index (χ1n) is 9.74. The molecule has 6 heteroatoms. The van der Waals surface area contributed by atoms with E-state index in [0.29, 0.717) is 35.7 Å². The molecule has 154 valence electrons. The number of halogens is 1. The maximum Gasteiger partial charge on any atom is 0.259 e. The summed E-state index contributed by atoms with van der Waals surface area (Å²) in [4.78, 5) is 27.6. The fourth-order valence-electron chi connectivity index (χ4n) is 3.10. The predicted octanol–water partition coefficient (Wildman–Crippen LogP) is 5.77. The number of hydrogen-bond acceptors (Lipinski definition) is 3. The first-order chi connectivity index (χ1) is 14.5. The molecule has 0 saturated heterocycles. The quantitative estimate of drug-likeness (QED) is 0.480. The Morgan fingerprint density at radius 1 is 0.967 bits per heavy atom. The standard InChI is InChI=1S/C24H23BrN2O3/c1-3-27(20-11-6-5-7-12-20)24(29)17-9-8-10-19(15-17)26-23(28)21-16-18(25)13-14-22(21)30-4-2/h5-16H,3-4H2,1-2H3,(H,26,28). The van der Waals surface area contributed by atoms with Crippen molar-refractivity contribution in [3.63, 3.8) is 0 Å². The lowest BCUT2D eigenvalue weighted by atomic mass is 10.1. The van der Waals surface area contributed by atoms with E-state index in [9.17, 15) is 9.59 Å². The minimum Gasteiger partial charge on any atom is -0.493 e. The highest BCUT2D eigenvalue weighted by Gasteiger charge is 2.18. The molecule has 0 fully saturated rings.